The van der Waals surface area contributed by atoms with E-state index in [2.05, 4.69) is 10.6 Å². The summed E-state index contributed by atoms with van der Waals surface area (Å²) >= 11 is 0. The van der Waals surface area contributed by atoms with Gasteiger partial charge >= 0.3 is 5.69 Å². The van der Waals surface area contributed by atoms with Crippen LogP contribution in [0.3, 0.4) is 0 Å². The number of benzene rings is 1. The Kier molecular flexibility index (Phi) is 4.06. The van der Waals surface area contributed by atoms with Crippen LogP contribution in [0.25, 0.3) is 0 Å². The van der Waals surface area contributed by atoms with Gasteiger partial charge in [-0.05, 0) is 6.42 Å². The number of carbonyl (C=O) groups excluding carboxylic acids is 1. The van der Waals surface area contributed by atoms with Crippen molar-refractivity contribution in [2.24, 2.45) is 0 Å². The number of nitrogens with zero attached hydrogens (tertiary/aromatic N) is 1. The molecule has 7 heteroatoms. The summed E-state index contributed by atoms with van der Waals surface area (Å²) in [6.07, 6.45) is 1.26. The first-order valence-electron chi connectivity index (χ1n) is 6.00. The second kappa shape index (κ2) is 5.75. The van der Waals surface area contributed by atoms with E-state index in [1.807, 2.05) is 0 Å². The van der Waals surface area contributed by atoms with E-state index in [0.29, 0.717) is 13.0 Å². The van der Waals surface area contributed by atoms with Crippen LogP contribution in [0.2, 0.25) is 0 Å². The molecule has 6 nitrogen and oxygen atoms in total. The summed E-state index contributed by atoms with van der Waals surface area (Å²) in [5.41, 5.74) is -0.271. The molecule has 1 fully saturated rings. The van der Waals surface area contributed by atoms with Gasteiger partial charge in [-0.15, -0.1) is 0 Å². The molecule has 102 valence electrons. The standard InChI is InChI=1S/C12H14FN3O3/c13-12-8(2-1-3-10(12)16(18)19)6-14-7-9-4-5-11(17)15-9/h1-3,9,14H,4-7H2,(H,15,17). The van der Waals surface area contributed by atoms with Crippen molar-refractivity contribution in [3.05, 3.63) is 39.7 Å². The summed E-state index contributed by atoms with van der Waals surface area (Å²) in [6.45, 7) is 0.716. The molecular weight excluding hydrogens is 253 g/mol. The highest BCUT2D eigenvalue weighted by molar-refractivity contribution is 5.78. The first kappa shape index (κ1) is 13.4. The monoisotopic (exact) mass is 267 g/mol. The van der Waals surface area contributed by atoms with E-state index in [4.69, 9.17) is 0 Å². The smallest absolute Gasteiger partial charge is 0.305 e. The fourth-order valence-corrected chi connectivity index (χ4v) is 2.06. The van der Waals surface area contributed by atoms with Gasteiger partial charge in [0.05, 0.1) is 4.92 Å². The van der Waals surface area contributed by atoms with E-state index in [9.17, 15) is 19.3 Å². The lowest BCUT2D eigenvalue weighted by molar-refractivity contribution is -0.387. The van der Waals surface area contributed by atoms with E-state index in [-0.39, 0.29) is 24.1 Å². The van der Waals surface area contributed by atoms with Crippen molar-refractivity contribution < 1.29 is 14.1 Å². The van der Waals surface area contributed by atoms with Crippen LogP contribution in [0.1, 0.15) is 18.4 Å². The van der Waals surface area contributed by atoms with Crippen molar-refractivity contribution in [1.82, 2.24) is 10.6 Å². The lowest BCUT2D eigenvalue weighted by Gasteiger charge is -2.11. The average molecular weight is 267 g/mol. The van der Waals surface area contributed by atoms with Gasteiger partial charge in [0.1, 0.15) is 0 Å². The fourth-order valence-electron chi connectivity index (χ4n) is 2.06. The Bertz CT molecular complexity index is 507. The van der Waals surface area contributed by atoms with Crippen LogP contribution in [0.5, 0.6) is 0 Å². The summed E-state index contributed by atoms with van der Waals surface area (Å²) < 4.78 is 13.7. The number of rotatable bonds is 5. The predicted molar refractivity (Wildman–Crippen MR) is 65.9 cm³/mol. The molecule has 2 N–H and O–H groups in total. The Morgan fingerprint density at radius 1 is 1.53 bits per heavy atom. The fraction of sp³-hybridized carbons (Fsp3) is 0.417. The molecule has 1 aromatic rings. The van der Waals surface area contributed by atoms with Crippen molar-refractivity contribution in [2.45, 2.75) is 25.4 Å². The van der Waals surface area contributed by atoms with E-state index >= 15 is 0 Å². The molecular formula is C12H14FN3O3. The first-order chi connectivity index (χ1) is 9.08. The lowest BCUT2D eigenvalue weighted by atomic mass is 10.1. The van der Waals surface area contributed by atoms with Gasteiger partial charge in [-0.25, -0.2) is 0 Å². The van der Waals surface area contributed by atoms with Gasteiger partial charge < -0.3 is 10.6 Å². The third kappa shape index (κ3) is 3.25. The molecule has 1 aliphatic rings. The molecule has 1 saturated heterocycles. The van der Waals surface area contributed by atoms with E-state index in [1.54, 1.807) is 0 Å². The second-order valence-electron chi connectivity index (χ2n) is 4.44. The van der Waals surface area contributed by atoms with Gasteiger partial charge in [0.25, 0.3) is 0 Å². The summed E-state index contributed by atoms with van der Waals surface area (Å²) in [4.78, 5) is 20.8. The van der Waals surface area contributed by atoms with Gasteiger partial charge in [0.2, 0.25) is 11.7 Å². The SMILES string of the molecule is O=C1CCC(CNCc2cccc([N+](=O)[O-])c2F)N1. The number of halogens is 1. The van der Waals surface area contributed by atoms with Crippen molar-refractivity contribution in [2.75, 3.05) is 6.54 Å². The highest BCUT2D eigenvalue weighted by Crippen LogP contribution is 2.19. The molecule has 1 aliphatic heterocycles. The maximum Gasteiger partial charge on any atom is 0.305 e. The summed E-state index contributed by atoms with van der Waals surface area (Å²) in [6, 6.07) is 4.14. The molecule has 0 bridgehead atoms. The summed E-state index contributed by atoms with van der Waals surface area (Å²) in [5.74, 6) is -0.788. The number of nitro benzene ring substituents is 1. The molecule has 1 atom stereocenters. The van der Waals surface area contributed by atoms with Crippen molar-refractivity contribution >= 4 is 11.6 Å². The summed E-state index contributed by atoms with van der Waals surface area (Å²) in [5, 5.41) is 16.4. The van der Waals surface area contributed by atoms with Crippen LogP contribution in [-0.4, -0.2) is 23.4 Å². The van der Waals surface area contributed by atoms with Gasteiger partial charge in [0.15, 0.2) is 0 Å². The minimum atomic E-state index is -0.810. The van der Waals surface area contributed by atoms with E-state index < -0.39 is 16.4 Å². The Morgan fingerprint density at radius 2 is 2.32 bits per heavy atom. The maximum absolute atomic E-state index is 13.7. The Morgan fingerprint density at radius 3 is 2.95 bits per heavy atom. The van der Waals surface area contributed by atoms with Gasteiger partial charge in [-0.1, -0.05) is 12.1 Å². The maximum atomic E-state index is 13.7. The normalized spacial score (nSPS) is 18.4. The minimum absolute atomic E-state index is 0.0216. The molecule has 1 unspecified atom stereocenters. The quantitative estimate of drug-likeness (QED) is 0.618. The molecule has 19 heavy (non-hydrogen) atoms. The average Bonchev–Trinajstić information content (AvgIpc) is 2.77. The Hall–Kier alpha value is -2.02. The van der Waals surface area contributed by atoms with Crippen LogP contribution >= 0.6 is 0 Å². The highest BCUT2D eigenvalue weighted by atomic mass is 19.1. The van der Waals surface area contributed by atoms with Crippen molar-refractivity contribution in [1.29, 1.82) is 0 Å². The lowest BCUT2D eigenvalue weighted by Crippen LogP contribution is -2.35. The number of nitro groups is 1. The van der Waals surface area contributed by atoms with Crippen LogP contribution in [0.15, 0.2) is 18.2 Å². The van der Waals surface area contributed by atoms with Crippen molar-refractivity contribution in [3.63, 3.8) is 0 Å². The zero-order valence-corrected chi connectivity index (χ0v) is 10.2. The van der Waals surface area contributed by atoms with E-state index in [1.165, 1.54) is 12.1 Å². The molecule has 0 aliphatic carbocycles. The molecule has 1 amide bonds. The molecule has 0 radical (unpaired) electrons. The third-order valence-electron chi connectivity index (χ3n) is 3.05. The zero-order valence-electron chi connectivity index (χ0n) is 10.2. The van der Waals surface area contributed by atoms with Crippen LogP contribution in [-0.2, 0) is 11.3 Å². The second-order valence-corrected chi connectivity index (χ2v) is 4.44. The molecule has 1 aromatic carbocycles. The molecule has 0 saturated carbocycles. The molecule has 2 rings (SSSR count). The largest absolute Gasteiger partial charge is 0.352 e. The third-order valence-corrected chi connectivity index (χ3v) is 3.05. The Labute approximate surface area is 109 Å². The van der Waals surface area contributed by atoms with Crippen LogP contribution in [0.4, 0.5) is 10.1 Å². The number of amides is 1. The van der Waals surface area contributed by atoms with E-state index in [0.717, 1.165) is 12.5 Å². The van der Waals surface area contributed by atoms with Crippen molar-refractivity contribution in [3.8, 4) is 0 Å². The molecule has 0 spiro atoms. The van der Waals surface area contributed by atoms with Crippen LogP contribution < -0.4 is 10.6 Å². The summed E-state index contributed by atoms with van der Waals surface area (Å²) in [7, 11) is 0. The number of carbonyl (C=O) groups is 1. The van der Waals surface area contributed by atoms with Gasteiger partial charge in [0, 0.05) is 37.2 Å². The number of nitrogens with one attached hydrogen (secondary N) is 2. The Balaban J connectivity index is 1.91. The predicted octanol–water partition coefficient (Wildman–Crippen LogP) is 1.10. The molecule has 0 aromatic heterocycles. The first-order valence-corrected chi connectivity index (χ1v) is 6.00. The topological polar surface area (TPSA) is 84.3 Å². The zero-order chi connectivity index (χ0) is 13.8. The molecule has 1 heterocycles. The van der Waals surface area contributed by atoms with Crippen LogP contribution in [0, 0.1) is 15.9 Å². The number of hydrogen-bond donors (Lipinski definition) is 2. The highest BCUT2D eigenvalue weighted by Gasteiger charge is 2.21. The number of hydrogen-bond acceptors (Lipinski definition) is 4. The van der Waals surface area contributed by atoms with Gasteiger partial charge in [-0.3, -0.25) is 14.9 Å². The van der Waals surface area contributed by atoms with Gasteiger partial charge in [-0.2, -0.15) is 4.39 Å². The minimum Gasteiger partial charge on any atom is -0.352 e.